The van der Waals surface area contributed by atoms with Gasteiger partial charge in [0.1, 0.15) is 9.84 Å². The molecule has 1 heterocycles. The summed E-state index contributed by atoms with van der Waals surface area (Å²) in [7, 11) is -6.97. The molecular formula is C7H14N2O5S2. The number of amides is 1. The molecular weight excluding hydrogens is 256 g/mol. The molecule has 1 N–H and O–H groups in total. The van der Waals surface area contributed by atoms with E-state index in [0.29, 0.717) is 0 Å². The van der Waals surface area contributed by atoms with E-state index in [9.17, 15) is 21.6 Å². The Morgan fingerprint density at radius 3 is 2.38 bits per heavy atom. The molecule has 1 aliphatic heterocycles. The fourth-order valence-corrected chi connectivity index (χ4v) is 4.23. The highest BCUT2D eigenvalue weighted by Gasteiger charge is 2.28. The van der Waals surface area contributed by atoms with Crippen LogP contribution in [0, 0.1) is 0 Å². The number of carbonyl (C=O) groups excluding carboxylic acids is 1. The summed E-state index contributed by atoms with van der Waals surface area (Å²) in [4.78, 5) is 11.0. The molecule has 0 bridgehead atoms. The van der Waals surface area contributed by atoms with Crippen LogP contribution in [0.4, 0.5) is 0 Å². The Morgan fingerprint density at radius 2 is 1.88 bits per heavy atom. The Labute approximate surface area is 94.8 Å². The topological polar surface area (TPSA) is 101 Å². The van der Waals surface area contributed by atoms with Gasteiger partial charge in [-0.1, -0.05) is 0 Å². The largest absolute Gasteiger partial charge is 0.354 e. The zero-order chi connectivity index (χ0) is 12.4. The maximum atomic E-state index is 11.7. The van der Waals surface area contributed by atoms with Crippen LogP contribution in [-0.2, 0) is 24.7 Å². The van der Waals surface area contributed by atoms with Gasteiger partial charge in [0.2, 0.25) is 15.9 Å². The monoisotopic (exact) mass is 270 g/mol. The van der Waals surface area contributed by atoms with E-state index < -0.39 is 31.4 Å². The molecule has 1 saturated heterocycles. The molecule has 1 amide bonds. The normalized spacial score (nSPS) is 19.4. The van der Waals surface area contributed by atoms with Gasteiger partial charge in [-0.2, -0.15) is 4.31 Å². The maximum absolute atomic E-state index is 11.7. The van der Waals surface area contributed by atoms with Crippen molar-refractivity contribution in [2.75, 3.05) is 37.4 Å². The number of hydrogen-bond donors (Lipinski definition) is 1. The first kappa shape index (κ1) is 13.4. The summed E-state index contributed by atoms with van der Waals surface area (Å²) in [6.45, 7) is 0.223. The number of rotatable bonds is 4. The summed E-state index contributed by atoms with van der Waals surface area (Å²) < 4.78 is 46.1. The molecule has 0 aromatic carbocycles. The van der Waals surface area contributed by atoms with Gasteiger partial charge in [0.25, 0.3) is 0 Å². The summed E-state index contributed by atoms with van der Waals surface area (Å²) in [5.74, 6) is -1.26. The van der Waals surface area contributed by atoms with Crippen LogP contribution in [0.5, 0.6) is 0 Å². The molecule has 0 spiro atoms. The lowest BCUT2D eigenvalue weighted by Gasteiger charge is -2.25. The van der Waals surface area contributed by atoms with E-state index in [1.54, 1.807) is 0 Å². The second-order valence-electron chi connectivity index (χ2n) is 3.63. The summed E-state index contributed by atoms with van der Waals surface area (Å²) in [6, 6.07) is 0. The predicted molar refractivity (Wildman–Crippen MR) is 58.1 cm³/mol. The molecule has 0 saturated carbocycles. The van der Waals surface area contributed by atoms with Crippen LogP contribution in [0.2, 0.25) is 0 Å². The van der Waals surface area contributed by atoms with Crippen LogP contribution in [0.15, 0.2) is 0 Å². The van der Waals surface area contributed by atoms with Crippen molar-refractivity contribution in [3.63, 3.8) is 0 Å². The quantitative estimate of drug-likeness (QED) is 0.624. The van der Waals surface area contributed by atoms with Crippen LogP contribution in [-0.4, -0.2) is 64.4 Å². The molecule has 0 atom stereocenters. The van der Waals surface area contributed by atoms with Gasteiger partial charge >= 0.3 is 0 Å². The molecule has 7 nitrogen and oxygen atoms in total. The second-order valence-corrected chi connectivity index (χ2v) is 7.98. The average molecular weight is 270 g/mol. The summed E-state index contributed by atoms with van der Waals surface area (Å²) in [6.07, 6.45) is 0.978. The van der Waals surface area contributed by atoms with Crippen molar-refractivity contribution in [2.45, 2.75) is 0 Å². The third-order valence-corrected chi connectivity index (χ3v) is 5.13. The van der Waals surface area contributed by atoms with Gasteiger partial charge in [-0.3, -0.25) is 4.79 Å². The van der Waals surface area contributed by atoms with Gasteiger partial charge < -0.3 is 5.32 Å². The third kappa shape index (κ3) is 4.06. The number of nitrogens with zero attached hydrogens (tertiary/aromatic N) is 1. The lowest BCUT2D eigenvalue weighted by Crippen LogP contribution is -2.50. The van der Waals surface area contributed by atoms with Crippen LogP contribution in [0.3, 0.4) is 0 Å². The third-order valence-electron chi connectivity index (χ3n) is 2.11. The number of sulfonamides is 1. The predicted octanol–water partition coefficient (Wildman–Crippen LogP) is -2.21. The lowest BCUT2D eigenvalue weighted by molar-refractivity contribution is -0.122. The molecule has 16 heavy (non-hydrogen) atoms. The first-order valence-electron chi connectivity index (χ1n) is 4.63. The van der Waals surface area contributed by atoms with Crippen LogP contribution >= 0.6 is 0 Å². The first-order valence-corrected chi connectivity index (χ1v) is 8.30. The van der Waals surface area contributed by atoms with Crippen molar-refractivity contribution in [2.24, 2.45) is 0 Å². The van der Waals surface area contributed by atoms with Crippen LogP contribution in [0.25, 0.3) is 0 Å². The number of nitrogens with one attached hydrogen (secondary N) is 1. The van der Waals surface area contributed by atoms with Gasteiger partial charge in [0, 0.05) is 19.3 Å². The van der Waals surface area contributed by atoms with Crippen molar-refractivity contribution in [1.82, 2.24) is 9.62 Å². The number of sulfone groups is 1. The van der Waals surface area contributed by atoms with Crippen molar-refractivity contribution in [1.29, 1.82) is 0 Å². The molecule has 1 aliphatic rings. The van der Waals surface area contributed by atoms with Crippen LogP contribution in [0.1, 0.15) is 0 Å². The SMILES string of the molecule is CS(=O)(=O)CCS(=O)(=O)N1CCNC(=O)C1. The highest BCUT2D eigenvalue weighted by atomic mass is 32.2. The molecule has 0 radical (unpaired) electrons. The van der Waals surface area contributed by atoms with Crippen molar-refractivity contribution in [3.8, 4) is 0 Å². The van der Waals surface area contributed by atoms with Gasteiger partial charge in [-0.05, 0) is 0 Å². The van der Waals surface area contributed by atoms with Gasteiger partial charge in [0.15, 0.2) is 0 Å². The fraction of sp³-hybridized carbons (Fsp3) is 0.857. The Kier molecular flexibility index (Phi) is 3.92. The zero-order valence-electron chi connectivity index (χ0n) is 8.84. The molecule has 94 valence electrons. The van der Waals surface area contributed by atoms with E-state index in [4.69, 9.17) is 0 Å². The fourth-order valence-electron chi connectivity index (χ4n) is 1.24. The molecule has 1 rings (SSSR count). The summed E-state index contributed by atoms with van der Waals surface area (Å²) in [5.41, 5.74) is 0. The Hall–Kier alpha value is -0.670. The Balaban J connectivity index is 2.67. The minimum Gasteiger partial charge on any atom is -0.354 e. The van der Waals surface area contributed by atoms with E-state index in [1.807, 2.05) is 0 Å². The highest BCUT2D eigenvalue weighted by Crippen LogP contribution is 2.04. The van der Waals surface area contributed by atoms with Crippen molar-refractivity contribution in [3.05, 3.63) is 0 Å². The average Bonchev–Trinajstić information content (AvgIpc) is 2.14. The van der Waals surface area contributed by atoms with Crippen molar-refractivity contribution < 1.29 is 21.6 Å². The molecule has 1 fully saturated rings. The van der Waals surface area contributed by atoms with E-state index in [1.165, 1.54) is 0 Å². The lowest BCUT2D eigenvalue weighted by atomic mass is 10.4. The number of carbonyl (C=O) groups is 1. The molecule has 0 aliphatic carbocycles. The zero-order valence-corrected chi connectivity index (χ0v) is 10.5. The first-order chi connectivity index (χ1) is 7.21. The van der Waals surface area contributed by atoms with E-state index in [-0.39, 0.29) is 25.5 Å². The van der Waals surface area contributed by atoms with E-state index in [0.717, 1.165) is 10.6 Å². The Bertz CT molecular complexity index is 467. The van der Waals surface area contributed by atoms with Crippen LogP contribution < -0.4 is 5.32 Å². The highest BCUT2D eigenvalue weighted by molar-refractivity contribution is 7.93. The molecule has 0 aromatic rings. The molecule has 0 unspecified atom stereocenters. The van der Waals surface area contributed by atoms with Gasteiger partial charge in [-0.25, -0.2) is 16.8 Å². The minimum absolute atomic E-state index is 0.192. The summed E-state index contributed by atoms with van der Waals surface area (Å²) in [5, 5.41) is 2.49. The smallest absolute Gasteiger partial charge is 0.235 e. The maximum Gasteiger partial charge on any atom is 0.235 e. The summed E-state index contributed by atoms with van der Waals surface area (Å²) >= 11 is 0. The number of hydrogen-bond acceptors (Lipinski definition) is 5. The van der Waals surface area contributed by atoms with E-state index in [2.05, 4.69) is 5.32 Å². The molecule has 9 heteroatoms. The van der Waals surface area contributed by atoms with E-state index >= 15 is 0 Å². The number of piperazine rings is 1. The minimum atomic E-state index is -3.66. The standard InChI is InChI=1S/C7H14N2O5S2/c1-15(11,12)4-5-16(13,14)9-3-2-8-7(10)6-9/h2-6H2,1H3,(H,8,10). The Morgan fingerprint density at radius 1 is 1.25 bits per heavy atom. The van der Waals surface area contributed by atoms with Gasteiger partial charge in [-0.15, -0.1) is 0 Å². The van der Waals surface area contributed by atoms with Crippen molar-refractivity contribution >= 4 is 25.8 Å². The molecule has 0 aromatic heterocycles. The second kappa shape index (κ2) is 4.68. The van der Waals surface area contributed by atoms with Gasteiger partial charge in [0.05, 0.1) is 18.1 Å².